The van der Waals surface area contributed by atoms with Gasteiger partial charge in [0, 0.05) is 57.5 Å². The van der Waals surface area contributed by atoms with Gasteiger partial charge < -0.3 is 14.4 Å². The Hall–Kier alpha value is -1.17. The Labute approximate surface area is 145 Å². The van der Waals surface area contributed by atoms with Gasteiger partial charge >= 0.3 is 0 Å². The molecule has 24 heavy (non-hydrogen) atoms. The van der Waals surface area contributed by atoms with Gasteiger partial charge in [0.1, 0.15) is 5.82 Å². The van der Waals surface area contributed by atoms with E-state index >= 15 is 0 Å². The zero-order chi connectivity index (χ0) is 17.0. The van der Waals surface area contributed by atoms with Crippen LogP contribution in [0.5, 0.6) is 0 Å². The SMILES string of the molecule is CC(C)N(C)c1ccc(CN2CCOCC3(CCOCC3)C2)cn1. The Morgan fingerprint density at radius 3 is 2.67 bits per heavy atom. The lowest BCUT2D eigenvalue weighted by Crippen LogP contribution is -2.42. The molecule has 0 N–H and O–H groups in total. The van der Waals surface area contributed by atoms with Crippen molar-refractivity contribution in [3.05, 3.63) is 23.9 Å². The van der Waals surface area contributed by atoms with E-state index in [1.807, 2.05) is 6.20 Å². The maximum atomic E-state index is 5.91. The van der Waals surface area contributed by atoms with Crippen LogP contribution >= 0.6 is 0 Å². The smallest absolute Gasteiger partial charge is 0.128 e. The van der Waals surface area contributed by atoms with Gasteiger partial charge in [-0.25, -0.2) is 4.98 Å². The van der Waals surface area contributed by atoms with E-state index in [0.29, 0.717) is 6.04 Å². The van der Waals surface area contributed by atoms with Crippen molar-refractivity contribution in [1.29, 1.82) is 0 Å². The average molecular weight is 333 g/mol. The zero-order valence-corrected chi connectivity index (χ0v) is 15.3. The minimum absolute atomic E-state index is 0.278. The zero-order valence-electron chi connectivity index (χ0n) is 15.3. The maximum absolute atomic E-state index is 5.91. The van der Waals surface area contributed by atoms with Crippen LogP contribution in [0.4, 0.5) is 5.82 Å². The largest absolute Gasteiger partial charge is 0.381 e. The molecule has 0 unspecified atom stereocenters. The first-order valence-electron chi connectivity index (χ1n) is 9.14. The molecule has 134 valence electrons. The molecule has 2 aliphatic rings. The molecule has 1 aromatic rings. The van der Waals surface area contributed by atoms with Gasteiger partial charge in [-0.05, 0) is 38.3 Å². The van der Waals surface area contributed by atoms with Crippen LogP contribution in [0.15, 0.2) is 18.3 Å². The van der Waals surface area contributed by atoms with Gasteiger partial charge in [-0.2, -0.15) is 0 Å². The predicted molar refractivity (Wildman–Crippen MR) is 96.4 cm³/mol. The maximum Gasteiger partial charge on any atom is 0.128 e. The highest BCUT2D eigenvalue weighted by molar-refractivity contribution is 5.39. The Morgan fingerprint density at radius 2 is 2.00 bits per heavy atom. The molecule has 5 heteroatoms. The molecule has 2 aliphatic heterocycles. The summed E-state index contributed by atoms with van der Waals surface area (Å²) in [5, 5.41) is 0. The molecule has 2 saturated heterocycles. The standard InChI is InChI=1S/C19H31N3O2/c1-16(2)21(3)18-5-4-17(12-20-18)13-22-8-11-24-15-19(14-22)6-9-23-10-7-19/h4-5,12,16H,6-11,13-15H2,1-3H3. The topological polar surface area (TPSA) is 37.8 Å². The first kappa shape index (κ1) is 17.6. The summed E-state index contributed by atoms with van der Waals surface area (Å²) in [6.45, 7) is 10.8. The van der Waals surface area contributed by atoms with E-state index in [2.05, 4.69) is 47.8 Å². The third-order valence-corrected chi connectivity index (χ3v) is 5.42. The lowest BCUT2D eigenvalue weighted by atomic mass is 9.80. The van der Waals surface area contributed by atoms with Gasteiger partial charge in [0.2, 0.25) is 0 Å². The van der Waals surface area contributed by atoms with E-state index in [0.717, 1.165) is 64.7 Å². The molecule has 0 atom stereocenters. The van der Waals surface area contributed by atoms with Crippen LogP contribution in [0.2, 0.25) is 0 Å². The quantitative estimate of drug-likeness (QED) is 0.846. The molecule has 0 bridgehead atoms. The van der Waals surface area contributed by atoms with Crippen LogP contribution < -0.4 is 4.90 Å². The molecule has 1 spiro atoms. The molecule has 1 aromatic heterocycles. The lowest BCUT2D eigenvalue weighted by Gasteiger charge is -2.38. The first-order valence-corrected chi connectivity index (χ1v) is 9.14. The van der Waals surface area contributed by atoms with Crippen LogP contribution in [-0.2, 0) is 16.0 Å². The van der Waals surface area contributed by atoms with E-state index < -0.39 is 0 Å². The number of anilines is 1. The van der Waals surface area contributed by atoms with E-state index in [4.69, 9.17) is 9.47 Å². The molecule has 0 aliphatic carbocycles. The summed E-state index contributed by atoms with van der Waals surface area (Å²) in [7, 11) is 2.09. The Balaban J connectivity index is 1.63. The second-order valence-corrected chi connectivity index (χ2v) is 7.60. The summed E-state index contributed by atoms with van der Waals surface area (Å²) in [6.07, 6.45) is 4.25. The summed E-state index contributed by atoms with van der Waals surface area (Å²) >= 11 is 0. The van der Waals surface area contributed by atoms with Gasteiger partial charge in [-0.15, -0.1) is 0 Å². The fourth-order valence-electron chi connectivity index (χ4n) is 3.56. The number of nitrogens with zero attached hydrogens (tertiary/aromatic N) is 3. The minimum atomic E-state index is 0.278. The number of rotatable bonds is 4. The Kier molecular flexibility index (Phi) is 5.74. The van der Waals surface area contributed by atoms with Gasteiger partial charge in [-0.3, -0.25) is 4.90 Å². The van der Waals surface area contributed by atoms with Crippen LogP contribution in [0, 0.1) is 5.41 Å². The van der Waals surface area contributed by atoms with Crippen molar-refractivity contribution in [3.8, 4) is 0 Å². The number of aromatic nitrogens is 1. The second-order valence-electron chi connectivity index (χ2n) is 7.60. The van der Waals surface area contributed by atoms with E-state index in [9.17, 15) is 0 Å². The summed E-state index contributed by atoms with van der Waals surface area (Å²) in [5.74, 6) is 1.04. The van der Waals surface area contributed by atoms with Crippen molar-refractivity contribution >= 4 is 5.82 Å². The molecule has 0 aromatic carbocycles. The lowest BCUT2D eigenvalue weighted by molar-refractivity contribution is -0.0320. The molecule has 0 saturated carbocycles. The molecule has 3 rings (SSSR count). The summed E-state index contributed by atoms with van der Waals surface area (Å²) in [4.78, 5) is 9.36. The molecule has 3 heterocycles. The third-order valence-electron chi connectivity index (χ3n) is 5.42. The summed E-state index contributed by atoms with van der Waals surface area (Å²) in [6, 6.07) is 4.80. The van der Waals surface area contributed by atoms with Crippen molar-refractivity contribution in [2.45, 2.75) is 39.3 Å². The Morgan fingerprint density at radius 1 is 1.21 bits per heavy atom. The van der Waals surface area contributed by atoms with Crippen molar-refractivity contribution in [2.24, 2.45) is 5.41 Å². The van der Waals surface area contributed by atoms with Gasteiger partial charge in [0.05, 0.1) is 13.2 Å². The fraction of sp³-hybridized carbons (Fsp3) is 0.737. The highest BCUT2D eigenvalue weighted by atomic mass is 16.5. The second kappa shape index (κ2) is 7.81. The summed E-state index contributed by atoms with van der Waals surface area (Å²) < 4.78 is 11.5. The number of hydrogen-bond acceptors (Lipinski definition) is 5. The van der Waals surface area contributed by atoms with Crippen molar-refractivity contribution in [1.82, 2.24) is 9.88 Å². The third kappa shape index (κ3) is 4.26. The summed E-state index contributed by atoms with van der Waals surface area (Å²) in [5.41, 5.74) is 1.56. The van der Waals surface area contributed by atoms with Gasteiger partial charge in [-0.1, -0.05) is 6.07 Å². The first-order chi connectivity index (χ1) is 11.6. The van der Waals surface area contributed by atoms with Crippen LogP contribution in [0.25, 0.3) is 0 Å². The normalized spacial score (nSPS) is 21.8. The monoisotopic (exact) mass is 333 g/mol. The van der Waals surface area contributed by atoms with Crippen molar-refractivity contribution in [2.75, 3.05) is 51.5 Å². The van der Waals surface area contributed by atoms with Crippen molar-refractivity contribution < 1.29 is 9.47 Å². The predicted octanol–water partition coefficient (Wildman–Crippen LogP) is 2.56. The van der Waals surface area contributed by atoms with Crippen LogP contribution in [-0.4, -0.2) is 62.5 Å². The Bertz CT molecular complexity index is 512. The molecule has 0 amide bonds. The highest BCUT2D eigenvalue weighted by Gasteiger charge is 2.36. The number of hydrogen-bond donors (Lipinski definition) is 0. The number of pyridine rings is 1. The molecule has 5 nitrogen and oxygen atoms in total. The van der Waals surface area contributed by atoms with Gasteiger partial charge in [0.25, 0.3) is 0 Å². The van der Waals surface area contributed by atoms with Gasteiger partial charge in [0.15, 0.2) is 0 Å². The van der Waals surface area contributed by atoms with Crippen molar-refractivity contribution in [3.63, 3.8) is 0 Å². The highest BCUT2D eigenvalue weighted by Crippen LogP contribution is 2.33. The van der Waals surface area contributed by atoms with Crippen LogP contribution in [0.1, 0.15) is 32.3 Å². The minimum Gasteiger partial charge on any atom is -0.381 e. The number of ether oxygens (including phenoxy) is 2. The van der Waals surface area contributed by atoms with E-state index in [1.54, 1.807) is 0 Å². The molecular weight excluding hydrogens is 302 g/mol. The molecular formula is C19H31N3O2. The van der Waals surface area contributed by atoms with E-state index in [1.165, 1.54) is 5.56 Å². The van der Waals surface area contributed by atoms with Crippen LogP contribution in [0.3, 0.4) is 0 Å². The average Bonchev–Trinajstić information content (AvgIpc) is 2.77. The molecule has 2 fully saturated rings. The molecule has 0 radical (unpaired) electrons. The fourth-order valence-corrected chi connectivity index (χ4v) is 3.56. The van der Waals surface area contributed by atoms with E-state index in [-0.39, 0.29) is 5.41 Å².